The van der Waals surface area contributed by atoms with Crippen molar-refractivity contribution in [2.45, 2.75) is 12.8 Å². The number of fused-ring (bicyclic) bond motifs is 1. The fourth-order valence-electron chi connectivity index (χ4n) is 2.66. The fourth-order valence-corrected chi connectivity index (χ4v) is 2.66. The molecule has 0 radical (unpaired) electrons. The van der Waals surface area contributed by atoms with Gasteiger partial charge in [0.15, 0.2) is 0 Å². The highest BCUT2D eigenvalue weighted by molar-refractivity contribution is 5.80. The number of aromatic nitrogens is 1. The first kappa shape index (κ1) is 9.91. The van der Waals surface area contributed by atoms with Crippen LogP contribution in [0, 0.1) is 5.92 Å². The van der Waals surface area contributed by atoms with Crippen LogP contribution in [0.1, 0.15) is 12.0 Å². The summed E-state index contributed by atoms with van der Waals surface area (Å²) in [6.45, 7) is 2.38. The van der Waals surface area contributed by atoms with Gasteiger partial charge in [0.05, 0.1) is 0 Å². The van der Waals surface area contributed by atoms with Crippen molar-refractivity contribution >= 4 is 10.9 Å². The molecule has 2 heteroatoms. The number of rotatable bonds is 2. The lowest BCUT2D eigenvalue weighted by Gasteiger charge is -2.08. The molecule has 1 saturated heterocycles. The lowest BCUT2D eigenvalue weighted by molar-refractivity contribution is 0.580. The number of aryl methyl sites for hydroxylation is 1. The Morgan fingerprint density at radius 3 is 3.12 bits per heavy atom. The molecule has 16 heavy (non-hydrogen) atoms. The Hall–Kier alpha value is -1.28. The Balaban J connectivity index is 1.88. The quantitative estimate of drug-likeness (QED) is 0.812. The Kier molecular flexibility index (Phi) is 2.44. The average molecular weight is 214 g/mol. The lowest BCUT2D eigenvalue weighted by Crippen LogP contribution is -2.10. The van der Waals surface area contributed by atoms with Gasteiger partial charge in [0, 0.05) is 18.8 Å². The maximum atomic E-state index is 3.43. The van der Waals surface area contributed by atoms with Crippen molar-refractivity contribution in [3.8, 4) is 0 Å². The van der Waals surface area contributed by atoms with Crippen LogP contribution >= 0.6 is 0 Å². The third kappa shape index (κ3) is 1.74. The van der Waals surface area contributed by atoms with Crippen molar-refractivity contribution in [3.63, 3.8) is 0 Å². The maximum Gasteiger partial charge on any atom is 0.0480 e. The van der Waals surface area contributed by atoms with Crippen LogP contribution < -0.4 is 5.32 Å². The number of nitrogens with zero attached hydrogens (tertiary/aromatic N) is 1. The standard InChI is InChI=1S/C14H18N2/c1-16-7-5-13-3-2-11(9-14(13)16)8-12-4-6-15-10-12/h2-3,5,7,9,12,15H,4,6,8,10H2,1H3. The van der Waals surface area contributed by atoms with E-state index in [4.69, 9.17) is 0 Å². The van der Waals surface area contributed by atoms with Gasteiger partial charge in [0.1, 0.15) is 0 Å². The maximum absolute atomic E-state index is 3.43. The average Bonchev–Trinajstić information content (AvgIpc) is 2.90. The van der Waals surface area contributed by atoms with E-state index in [-0.39, 0.29) is 0 Å². The van der Waals surface area contributed by atoms with Gasteiger partial charge in [0.2, 0.25) is 0 Å². The van der Waals surface area contributed by atoms with Gasteiger partial charge in [-0.3, -0.25) is 0 Å². The van der Waals surface area contributed by atoms with E-state index >= 15 is 0 Å². The first-order valence-corrected chi connectivity index (χ1v) is 6.07. The predicted octanol–water partition coefficient (Wildman–Crippen LogP) is 2.33. The molecule has 84 valence electrons. The molecule has 0 bridgehead atoms. The van der Waals surface area contributed by atoms with E-state index in [1.54, 1.807) is 0 Å². The van der Waals surface area contributed by atoms with Gasteiger partial charge in [-0.15, -0.1) is 0 Å². The molecule has 1 aromatic heterocycles. The van der Waals surface area contributed by atoms with E-state index in [9.17, 15) is 0 Å². The minimum atomic E-state index is 0.831. The Morgan fingerprint density at radius 2 is 2.31 bits per heavy atom. The van der Waals surface area contributed by atoms with E-state index in [1.165, 1.54) is 42.4 Å². The van der Waals surface area contributed by atoms with E-state index < -0.39 is 0 Å². The van der Waals surface area contributed by atoms with Crippen LogP contribution in [0.2, 0.25) is 0 Å². The summed E-state index contributed by atoms with van der Waals surface area (Å²) in [6.07, 6.45) is 4.67. The number of nitrogens with one attached hydrogen (secondary N) is 1. The summed E-state index contributed by atoms with van der Waals surface area (Å²) in [5, 5.41) is 4.77. The molecule has 2 heterocycles. The Bertz CT molecular complexity index is 492. The largest absolute Gasteiger partial charge is 0.351 e. The number of benzene rings is 1. The summed E-state index contributed by atoms with van der Waals surface area (Å²) in [5.41, 5.74) is 2.83. The fraction of sp³-hybridized carbons (Fsp3) is 0.429. The molecule has 1 atom stereocenters. The third-order valence-electron chi connectivity index (χ3n) is 3.64. The van der Waals surface area contributed by atoms with E-state index in [0.717, 1.165) is 5.92 Å². The molecule has 1 aliphatic rings. The number of hydrogen-bond acceptors (Lipinski definition) is 1. The SMILES string of the molecule is Cn1ccc2ccc(CC3CCNC3)cc21. The monoisotopic (exact) mass is 214 g/mol. The molecule has 1 unspecified atom stereocenters. The van der Waals surface area contributed by atoms with Crippen LogP contribution in [0.25, 0.3) is 10.9 Å². The highest BCUT2D eigenvalue weighted by Crippen LogP contribution is 2.20. The Labute approximate surface area is 96.3 Å². The van der Waals surface area contributed by atoms with Gasteiger partial charge in [-0.1, -0.05) is 12.1 Å². The molecule has 1 aliphatic heterocycles. The normalized spacial score (nSPS) is 20.7. The molecule has 1 fully saturated rings. The summed E-state index contributed by atoms with van der Waals surface area (Å²) in [6, 6.07) is 9.04. The van der Waals surface area contributed by atoms with Crippen LogP contribution in [0.15, 0.2) is 30.5 Å². The van der Waals surface area contributed by atoms with Crippen LogP contribution in [-0.4, -0.2) is 17.7 Å². The first-order chi connectivity index (χ1) is 7.83. The second-order valence-corrected chi connectivity index (χ2v) is 4.88. The highest BCUT2D eigenvalue weighted by atomic mass is 14.9. The van der Waals surface area contributed by atoms with Crippen molar-refractivity contribution in [1.82, 2.24) is 9.88 Å². The summed E-state index contributed by atoms with van der Waals surface area (Å²) >= 11 is 0. The zero-order valence-electron chi connectivity index (χ0n) is 9.74. The molecule has 2 aromatic rings. The molecule has 1 aromatic carbocycles. The third-order valence-corrected chi connectivity index (χ3v) is 3.64. The Morgan fingerprint density at radius 1 is 1.38 bits per heavy atom. The van der Waals surface area contributed by atoms with E-state index in [1.807, 2.05) is 0 Å². The molecular formula is C14H18N2. The van der Waals surface area contributed by atoms with E-state index in [0.29, 0.717) is 0 Å². The van der Waals surface area contributed by atoms with Crippen molar-refractivity contribution < 1.29 is 0 Å². The van der Waals surface area contributed by atoms with E-state index in [2.05, 4.69) is 47.4 Å². The van der Waals surface area contributed by atoms with Crippen molar-refractivity contribution in [2.75, 3.05) is 13.1 Å². The zero-order valence-corrected chi connectivity index (χ0v) is 9.74. The smallest absolute Gasteiger partial charge is 0.0480 e. The molecular weight excluding hydrogens is 196 g/mol. The minimum absolute atomic E-state index is 0.831. The summed E-state index contributed by atoms with van der Waals surface area (Å²) in [7, 11) is 2.11. The van der Waals surface area contributed by atoms with Gasteiger partial charge in [-0.2, -0.15) is 0 Å². The molecule has 0 spiro atoms. The minimum Gasteiger partial charge on any atom is -0.351 e. The summed E-state index contributed by atoms with van der Waals surface area (Å²) in [4.78, 5) is 0. The second kappa shape index (κ2) is 3.95. The molecule has 1 N–H and O–H groups in total. The van der Waals surface area contributed by atoms with Crippen molar-refractivity contribution in [3.05, 3.63) is 36.0 Å². The predicted molar refractivity (Wildman–Crippen MR) is 67.6 cm³/mol. The van der Waals surface area contributed by atoms with Crippen molar-refractivity contribution in [2.24, 2.45) is 13.0 Å². The van der Waals surface area contributed by atoms with Gasteiger partial charge in [0.25, 0.3) is 0 Å². The summed E-state index contributed by atoms with van der Waals surface area (Å²) in [5.74, 6) is 0.831. The number of hydrogen-bond donors (Lipinski definition) is 1. The van der Waals surface area contributed by atoms with Crippen molar-refractivity contribution in [1.29, 1.82) is 0 Å². The molecule has 2 nitrogen and oxygen atoms in total. The molecule has 3 rings (SSSR count). The topological polar surface area (TPSA) is 17.0 Å². The first-order valence-electron chi connectivity index (χ1n) is 6.07. The van der Waals surface area contributed by atoms with Gasteiger partial charge >= 0.3 is 0 Å². The lowest BCUT2D eigenvalue weighted by atomic mass is 9.98. The molecule has 0 amide bonds. The van der Waals surface area contributed by atoms with Crippen LogP contribution in [0.5, 0.6) is 0 Å². The van der Waals surface area contributed by atoms with Crippen LogP contribution in [-0.2, 0) is 13.5 Å². The van der Waals surface area contributed by atoms with Gasteiger partial charge < -0.3 is 9.88 Å². The van der Waals surface area contributed by atoms with Gasteiger partial charge in [-0.25, -0.2) is 0 Å². The molecule has 0 aliphatic carbocycles. The second-order valence-electron chi connectivity index (χ2n) is 4.88. The summed E-state index contributed by atoms with van der Waals surface area (Å²) < 4.78 is 2.20. The van der Waals surface area contributed by atoms with Crippen LogP contribution in [0.3, 0.4) is 0 Å². The molecule has 0 saturated carbocycles. The zero-order chi connectivity index (χ0) is 11.0. The van der Waals surface area contributed by atoms with Gasteiger partial charge in [-0.05, 0) is 54.9 Å². The highest BCUT2D eigenvalue weighted by Gasteiger charge is 2.14. The van der Waals surface area contributed by atoms with Crippen LogP contribution in [0.4, 0.5) is 0 Å².